The molecule has 6 heteroatoms. The Bertz CT molecular complexity index is 491. The molecule has 3 N–H and O–H groups in total. The number of primary amides is 1. The number of aliphatic hydroxyl groups excluding tert-OH is 1. The Morgan fingerprint density at radius 2 is 2.39 bits per heavy atom. The summed E-state index contributed by atoms with van der Waals surface area (Å²) in [6.45, 7) is 1.39. The van der Waals surface area contributed by atoms with Gasteiger partial charge in [-0.25, -0.2) is 9.18 Å². The zero-order chi connectivity index (χ0) is 13.3. The zero-order valence-corrected chi connectivity index (χ0v) is 9.90. The minimum atomic E-state index is -0.885. The molecule has 0 radical (unpaired) electrons. The summed E-state index contributed by atoms with van der Waals surface area (Å²) in [5.41, 5.74) is 5.15. The number of ether oxygens (including phenoxy) is 2. The molecular weight excluding hydrogens is 241 g/mol. The fraction of sp³-hybridized carbons (Fsp3) is 0.417. The highest BCUT2D eigenvalue weighted by atomic mass is 19.1. The molecule has 2 rings (SSSR count). The van der Waals surface area contributed by atoms with Crippen LogP contribution in [0, 0.1) is 5.82 Å². The van der Waals surface area contributed by atoms with E-state index in [1.54, 1.807) is 6.92 Å². The van der Waals surface area contributed by atoms with Crippen molar-refractivity contribution in [1.82, 2.24) is 0 Å². The summed E-state index contributed by atoms with van der Waals surface area (Å²) in [6, 6.07) is 2.57. The van der Waals surface area contributed by atoms with Gasteiger partial charge in [0.1, 0.15) is 23.8 Å². The molecule has 0 aromatic heterocycles. The third-order valence-corrected chi connectivity index (χ3v) is 2.81. The number of fused-ring (bicyclic) bond motifs is 1. The van der Waals surface area contributed by atoms with Crippen molar-refractivity contribution in [1.29, 1.82) is 0 Å². The normalized spacial score (nSPS) is 21.3. The van der Waals surface area contributed by atoms with Crippen molar-refractivity contribution < 1.29 is 23.8 Å². The first-order chi connectivity index (χ1) is 8.43. The van der Waals surface area contributed by atoms with E-state index in [9.17, 15) is 9.18 Å². The Morgan fingerprint density at radius 3 is 3.00 bits per heavy atom. The SMILES string of the molecule is CC1(COC(N)=O)Cc2cc(F)cc(CO)c2O1. The Morgan fingerprint density at radius 1 is 1.67 bits per heavy atom. The number of nitrogens with two attached hydrogens (primary N) is 1. The average Bonchev–Trinajstić information content (AvgIpc) is 2.62. The zero-order valence-electron chi connectivity index (χ0n) is 9.90. The Hall–Kier alpha value is -1.82. The standard InChI is InChI=1S/C12H14FNO4/c1-12(6-17-11(14)16)4-7-2-9(13)3-8(5-15)10(7)18-12/h2-3,15H,4-6H2,1H3,(H2,14,16). The van der Waals surface area contributed by atoms with Crippen LogP contribution in [0.5, 0.6) is 5.75 Å². The summed E-state index contributed by atoms with van der Waals surface area (Å²) in [7, 11) is 0. The number of benzene rings is 1. The maximum absolute atomic E-state index is 13.3. The van der Waals surface area contributed by atoms with Gasteiger partial charge in [-0.2, -0.15) is 0 Å². The molecule has 1 atom stereocenters. The molecule has 1 amide bonds. The van der Waals surface area contributed by atoms with Crippen LogP contribution in [-0.4, -0.2) is 23.4 Å². The first-order valence-electron chi connectivity index (χ1n) is 5.47. The first kappa shape index (κ1) is 12.6. The van der Waals surface area contributed by atoms with Gasteiger partial charge >= 0.3 is 6.09 Å². The molecule has 1 aliphatic rings. The molecule has 1 unspecified atom stereocenters. The fourth-order valence-electron chi connectivity index (χ4n) is 2.08. The minimum Gasteiger partial charge on any atom is -0.483 e. The topological polar surface area (TPSA) is 81.8 Å². The second-order valence-electron chi connectivity index (χ2n) is 4.55. The molecule has 0 spiro atoms. The average molecular weight is 255 g/mol. The van der Waals surface area contributed by atoms with E-state index in [-0.39, 0.29) is 13.2 Å². The summed E-state index contributed by atoms with van der Waals surface area (Å²) in [4.78, 5) is 10.6. The first-order valence-corrected chi connectivity index (χ1v) is 5.47. The van der Waals surface area contributed by atoms with Gasteiger partial charge in [0.05, 0.1) is 6.61 Å². The Labute approximate surface area is 103 Å². The monoisotopic (exact) mass is 255 g/mol. The van der Waals surface area contributed by atoms with Crippen molar-refractivity contribution in [2.24, 2.45) is 5.73 Å². The van der Waals surface area contributed by atoms with Crippen molar-refractivity contribution in [2.75, 3.05) is 6.61 Å². The largest absolute Gasteiger partial charge is 0.483 e. The molecule has 0 saturated heterocycles. The number of amides is 1. The van der Waals surface area contributed by atoms with Crippen molar-refractivity contribution >= 4 is 6.09 Å². The van der Waals surface area contributed by atoms with Crippen LogP contribution in [-0.2, 0) is 17.8 Å². The summed E-state index contributed by atoms with van der Waals surface area (Å²) < 4.78 is 23.7. The van der Waals surface area contributed by atoms with E-state index in [1.807, 2.05) is 0 Å². The van der Waals surface area contributed by atoms with Crippen LogP contribution >= 0.6 is 0 Å². The van der Waals surface area contributed by atoms with Crippen LogP contribution in [0.3, 0.4) is 0 Å². The number of hydrogen-bond donors (Lipinski definition) is 2. The molecule has 0 fully saturated rings. The van der Waals surface area contributed by atoms with E-state index in [0.29, 0.717) is 23.3 Å². The van der Waals surface area contributed by atoms with Crippen LogP contribution in [0.1, 0.15) is 18.1 Å². The number of carbonyl (C=O) groups excluding carboxylic acids is 1. The van der Waals surface area contributed by atoms with E-state index in [1.165, 1.54) is 12.1 Å². The lowest BCUT2D eigenvalue weighted by Gasteiger charge is -2.23. The smallest absolute Gasteiger partial charge is 0.404 e. The highest BCUT2D eigenvalue weighted by Gasteiger charge is 2.37. The molecule has 18 heavy (non-hydrogen) atoms. The molecule has 1 heterocycles. The van der Waals surface area contributed by atoms with Gasteiger partial charge in [0.2, 0.25) is 0 Å². The van der Waals surface area contributed by atoms with E-state index >= 15 is 0 Å². The quantitative estimate of drug-likeness (QED) is 0.847. The third-order valence-electron chi connectivity index (χ3n) is 2.81. The van der Waals surface area contributed by atoms with E-state index in [0.717, 1.165) is 0 Å². The lowest BCUT2D eigenvalue weighted by atomic mass is 9.99. The van der Waals surface area contributed by atoms with Gasteiger partial charge in [-0.05, 0) is 19.1 Å². The van der Waals surface area contributed by atoms with Gasteiger partial charge in [0, 0.05) is 17.5 Å². The van der Waals surface area contributed by atoms with Gasteiger partial charge < -0.3 is 20.3 Å². The van der Waals surface area contributed by atoms with E-state index in [2.05, 4.69) is 0 Å². The lowest BCUT2D eigenvalue weighted by molar-refractivity contribution is 0.0309. The van der Waals surface area contributed by atoms with E-state index in [4.69, 9.17) is 20.3 Å². The maximum Gasteiger partial charge on any atom is 0.404 e. The molecule has 0 bridgehead atoms. The number of aliphatic hydroxyl groups is 1. The van der Waals surface area contributed by atoms with Crippen LogP contribution in [0.25, 0.3) is 0 Å². The second-order valence-corrected chi connectivity index (χ2v) is 4.55. The maximum atomic E-state index is 13.3. The number of halogens is 1. The van der Waals surface area contributed by atoms with Crippen molar-refractivity contribution in [2.45, 2.75) is 25.6 Å². The van der Waals surface area contributed by atoms with Crippen molar-refractivity contribution in [3.05, 3.63) is 29.1 Å². The molecule has 1 aromatic carbocycles. The minimum absolute atomic E-state index is 0.0243. The molecule has 98 valence electrons. The molecule has 0 aliphatic carbocycles. The number of rotatable bonds is 3. The Balaban J connectivity index is 2.23. The third kappa shape index (κ3) is 2.38. The predicted octanol–water partition coefficient (Wildman–Crippen LogP) is 1.11. The predicted molar refractivity (Wildman–Crippen MR) is 60.6 cm³/mol. The highest BCUT2D eigenvalue weighted by Crippen LogP contribution is 2.38. The molecule has 0 saturated carbocycles. The van der Waals surface area contributed by atoms with Crippen LogP contribution in [0.2, 0.25) is 0 Å². The fourth-order valence-corrected chi connectivity index (χ4v) is 2.08. The summed E-state index contributed by atoms with van der Waals surface area (Å²) >= 11 is 0. The van der Waals surface area contributed by atoms with Crippen molar-refractivity contribution in [3.63, 3.8) is 0 Å². The molecule has 5 nitrogen and oxygen atoms in total. The van der Waals surface area contributed by atoms with Gasteiger partial charge in [-0.1, -0.05) is 0 Å². The van der Waals surface area contributed by atoms with Gasteiger partial charge in [0.25, 0.3) is 0 Å². The van der Waals surface area contributed by atoms with Crippen LogP contribution < -0.4 is 10.5 Å². The molecule has 1 aromatic rings. The lowest BCUT2D eigenvalue weighted by Crippen LogP contribution is -2.38. The highest BCUT2D eigenvalue weighted by molar-refractivity contribution is 5.64. The second kappa shape index (κ2) is 4.45. The summed E-state index contributed by atoms with van der Waals surface area (Å²) in [5.74, 6) is 0.0240. The summed E-state index contributed by atoms with van der Waals surface area (Å²) in [6.07, 6.45) is -0.496. The van der Waals surface area contributed by atoms with Crippen molar-refractivity contribution in [3.8, 4) is 5.75 Å². The number of carbonyl (C=O) groups is 1. The van der Waals surface area contributed by atoms with Crippen LogP contribution in [0.4, 0.5) is 9.18 Å². The number of hydrogen-bond acceptors (Lipinski definition) is 4. The van der Waals surface area contributed by atoms with Gasteiger partial charge in [-0.15, -0.1) is 0 Å². The van der Waals surface area contributed by atoms with Crippen LogP contribution in [0.15, 0.2) is 12.1 Å². The van der Waals surface area contributed by atoms with Gasteiger partial charge in [-0.3, -0.25) is 0 Å². The summed E-state index contributed by atoms with van der Waals surface area (Å²) in [5, 5.41) is 9.16. The Kier molecular flexibility index (Phi) is 3.13. The molecular formula is C12H14FNO4. The molecule has 1 aliphatic heterocycles. The van der Waals surface area contributed by atoms with Gasteiger partial charge in [0.15, 0.2) is 0 Å². The van der Waals surface area contributed by atoms with E-state index < -0.39 is 17.5 Å².